The average molecular weight is 317 g/mol. The fourth-order valence-corrected chi connectivity index (χ4v) is 2.93. The van der Waals surface area contributed by atoms with Crippen LogP contribution in [0.4, 0.5) is 0 Å². The van der Waals surface area contributed by atoms with Crippen molar-refractivity contribution < 1.29 is 4.79 Å². The molecule has 0 saturated heterocycles. The second-order valence-electron chi connectivity index (χ2n) is 5.86. The maximum Gasteiger partial charge on any atom is 0.230 e. The minimum atomic E-state index is -0.168. The summed E-state index contributed by atoms with van der Waals surface area (Å²) in [6.45, 7) is 10.6. The molecule has 5 heteroatoms. The fourth-order valence-electron chi connectivity index (χ4n) is 2.10. The van der Waals surface area contributed by atoms with Gasteiger partial charge in [-0.15, -0.1) is 6.58 Å². The van der Waals surface area contributed by atoms with E-state index < -0.39 is 0 Å². The Morgan fingerprint density at radius 2 is 2.18 bits per heavy atom. The van der Waals surface area contributed by atoms with Gasteiger partial charge in [-0.05, 0) is 32.4 Å². The van der Waals surface area contributed by atoms with Crippen LogP contribution in [0.1, 0.15) is 27.2 Å². The molecule has 1 aromatic heterocycles. The van der Waals surface area contributed by atoms with Crippen LogP contribution in [0.5, 0.6) is 0 Å². The number of carbonyl (C=O) groups is 1. The summed E-state index contributed by atoms with van der Waals surface area (Å²) >= 11 is 1.46. The number of hydrogen-bond acceptors (Lipinski definition) is 3. The van der Waals surface area contributed by atoms with E-state index in [2.05, 4.69) is 28.4 Å². The average Bonchev–Trinajstić information content (AvgIpc) is 2.83. The standard InChI is InChI=1S/C17H23N3OS/c1-5-11-20-14-10-8-7-9-13(14)18-16(20)22-12-15(21)19-17(3,4)6-2/h5,7-10H,1,6,11-12H2,2-4H3,(H,19,21). The number of allylic oxidation sites excluding steroid dienone is 1. The number of imidazole rings is 1. The number of nitrogens with one attached hydrogen (secondary N) is 1. The van der Waals surface area contributed by atoms with Gasteiger partial charge in [0, 0.05) is 12.1 Å². The van der Waals surface area contributed by atoms with Gasteiger partial charge in [-0.25, -0.2) is 4.98 Å². The van der Waals surface area contributed by atoms with Crippen LogP contribution in [-0.4, -0.2) is 26.8 Å². The summed E-state index contributed by atoms with van der Waals surface area (Å²) in [6.07, 6.45) is 2.75. The van der Waals surface area contributed by atoms with Gasteiger partial charge < -0.3 is 9.88 Å². The predicted molar refractivity (Wildman–Crippen MR) is 93.2 cm³/mol. The lowest BCUT2D eigenvalue weighted by Gasteiger charge is -2.24. The largest absolute Gasteiger partial charge is 0.351 e. The van der Waals surface area contributed by atoms with Crippen molar-refractivity contribution in [3.05, 3.63) is 36.9 Å². The van der Waals surface area contributed by atoms with Crippen LogP contribution in [0, 0.1) is 0 Å². The zero-order chi connectivity index (χ0) is 16.2. The van der Waals surface area contributed by atoms with E-state index in [0.29, 0.717) is 12.3 Å². The summed E-state index contributed by atoms with van der Waals surface area (Å²) in [5.74, 6) is 0.401. The van der Waals surface area contributed by atoms with E-state index >= 15 is 0 Å². The molecule has 0 bridgehead atoms. The number of nitrogens with zero attached hydrogens (tertiary/aromatic N) is 2. The molecule has 118 valence electrons. The highest BCUT2D eigenvalue weighted by molar-refractivity contribution is 7.99. The van der Waals surface area contributed by atoms with E-state index in [1.807, 2.05) is 44.2 Å². The van der Waals surface area contributed by atoms with Crippen molar-refractivity contribution in [1.29, 1.82) is 0 Å². The van der Waals surface area contributed by atoms with Gasteiger partial charge in [-0.3, -0.25) is 4.79 Å². The maximum atomic E-state index is 12.1. The summed E-state index contributed by atoms with van der Waals surface area (Å²) < 4.78 is 2.09. The number of aromatic nitrogens is 2. The number of carbonyl (C=O) groups excluding carboxylic acids is 1. The molecule has 0 saturated carbocycles. The normalized spacial score (nSPS) is 11.6. The lowest BCUT2D eigenvalue weighted by molar-refractivity contribution is -0.120. The molecule has 0 spiro atoms. The molecule has 0 radical (unpaired) electrons. The van der Waals surface area contributed by atoms with Gasteiger partial charge in [0.2, 0.25) is 5.91 Å². The number of hydrogen-bond donors (Lipinski definition) is 1. The topological polar surface area (TPSA) is 46.9 Å². The smallest absolute Gasteiger partial charge is 0.230 e. The molecule has 1 aromatic carbocycles. The highest BCUT2D eigenvalue weighted by atomic mass is 32.2. The molecule has 0 aliphatic rings. The Morgan fingerprint density at radius 3 is 2.86 bits per heavy atom. The minimum absolute atomic E-state index is 0.0362. The third-order valence-electron chi connectivity index (χ3n) is 3.63. The Hall–Kier alpha value is -1.75. The Kier molecular flexibility index (Phi) is 5.29. The molecule has 0 aliphatic carbocycles. The third kappa shape index (κ3) is 3.91. The first-order chi connectivity index (χ1) is 10.5. The first kappa shape index (κ1) is 16.6. The number of amides is 1. The Balaban J connectivity index is 2.12. The molecule has 2 rings (SSSR count). The monoisotopic (exact) mass is 317 g/mol. The molecule has 22 heavy (non-hydrogen) atoms. The van der Waals surface area contributed by atoms with Crippen LogP contribution in [-0.2, 0) is 11.3 Å². The van der Waals surface area contributed by atoms with Gasteiger partial charge in [0.1, 0.15) is 0 Å². The van der Waals surface area contributed by atoms with E-state index in [1.54, 1.807) is 0 Å². The quantitative estimate of drug-likeness (QED) is 0.627. The summed E-state index contributed by atoms with van der Waals surface area (Å²) in [5.41, 5.74) is 1.85. The second-order valence-corrected chi connectivity index (χ2v) is 6.80. The van der Waals surface area contributed by atoms with E-state index in [-0.39, 0.29) is 11.4 Å². The zero-order valence-corrected chi connectivity index (χ0v) is 14.2. The van der Waals surface area contributed by atoms with Crippen LogP contribution >= 0.6 is 11.8 Å². The van der Waals surface area contributed by atoms with Crippen molar-refractivity contribution in [3.63, 3.8) is 0 Å². The second kappa shape index (κ2) is 7.01. The summed E-state index contributed by atoms with van der Waals surface area (Å²) in [5, 5.41) is 3.90. The molecular weight excluding hydrogens is 294 g/mol. The first-order valence-corrected chi connectivity index (χ1v) is 8.45. The van der Waals surface area contributed by atoms with Crippen LogP contribution in [0.3, 0.4) is 0 Å². The SMILES string of the molecule is C=CCn1c(SCC(=O)NC(C)(C)CC)nc2ccccc21. The van der Waals surface area contributed by atoms with Crippen molar-refractivity contribution in [2.75, 3.05) is 5.75 Å². The number of thioether (sulfide) groups is 1. The van der Waals surface area contributed by atoms with Crippen molar-refractivity contribution in [2.45, 2.75) is 44.4 Å². The number of fused-ring (bicyclic) bond motifs is 1. The zero-order valence-electron chi connectivity index (χ0n) is 13.4. The van der Waals surface area contributed by atoms with Crippen molar-refractivity contribution in [1.82, 2.24) is 14.9 Å². The van der Waals surface area contributed by atoms with Gasteiger partial charge in [0.25, 0.3) is 0 Å². The molecule has 1 N–H and O–H groups in total. The van der Waals surface area contributed by atoms with Crippen molar-refractivity contribution >= 4 is 28.7 Å². The van der Waals surface area contributed by atoms with Gasteiger partial charge in [0.15, 0.2) is 5.16 Å². The van der Waals surface area contributed by atoms with Crippen LogP contribution in [0.2, 0.25) is 0 Å². The molecule has 0 fully saturated rings. The van der Waals surface area contributed by atoms with Crippen LogP contribution in [0.25, 0.3) is 11.0 Å². The highest BCUT2D eigenvalue weighted by Gasteiger charge is 2.18. The number of benzene rings is 1. The summed E-state index contributed by atoms with van der Waals surface area (Å²) in [7, 11) is 0. The van der Waals surface area contributed by atoms with Gasteiger partial charge >= 0.3 is 0 Å². The van der Waals surface area contributed by atoms with Crippen LogP contribution in [0.15, 0.2) is 42.1 Å². The van der Waals surface area contributed by atoms with Crippen LogP contribution < -0.4 is 5.32 Å². The number of rotatable bonds is 7. The summed E-state index contributed by atoms with van der Waals surface area (Å²) in [4.78, 5) is 16.7. The molecule has 0 aliphatic heterocycles. The molecule has 1 heterocycles. The van der Waals surface area contributed by atoms with Crippen molar-refractivity contribution in [2.24, 2.45) is 0 Å². The minimum Gasteiger partial charge on any atom is -0.351 e. The lowest BCUT2D eigenvalue weighted by Crippen LogP contribution is -2.43. The van der Waals surface area contributed by atoms with Gasteiger partial charge in [0.05, 0.1) is 16.8 Å². The maximum absolute atomic E-state index is 12.1. The molecule has 1 amide bonds. The van der Waals surface area contributed by atoms with E-state index in [9.17, 15) is 4.79 Å². The molecule has 0 unspecified atom stereocenters. The Labute approximate surface area is 136 Å². The molecular formula is C17H23N3OS. The Bertz CT molecular complexity index is 676. The third-order valence-corrected chi connectivity index (χ3v) is 4.60. The molecule has 0 atom stereocenters. The van der Waals surface area contributed by atoms with Gasteiger partial charge in [-0.1, -0.05) is 36.9 Å². The Morgan fingerprint density at radius 1 is 1.45 bits per heavy atom. The fraction of sp³-hybridized carbons (Fsp3) is 0.412. The van der Waals surface area contributed by atoms with E-state index in [1.165, 1.54) is 11.8 Å². The van der Waals surface area contributed by atoms with E-state index in [4.69, 9.17) is 0 Å². The van der Waals surface area contributed by atoms with E-state index in [0.717, 1.165) is 22.6 Å². The predicted octanol–water partition coefficient (Wildman–Crippen LogP) is 3.62. The number of para-hydroxylation sites is 2. The van der Waals surface area contributed by atoms with Gasteiger partial charge in [-0.2, -0.15) is 0 Å². The highest BCUT2D eigenvalue weighted by Crippen LogP contribution is 2.24. The van der Waals surface area contributed by atoms with Crippen molar-refractivity contribution in [3.8, 4) is 0 Å². The molecule has 2 aromatic rings. The molecule has 4 nitrogen and oxygen atoms in total. The first-order valence-electron chi connectivity index (χ1n) is 7.47. The lowest BCUT2D eigenvalue weighted by atomic mass is 10.0. The summed E-state index contributed by atoms with van der Waals surface area (Å²) in [6, 6.07) is 7.99.